The molecule has 1 aliphatic heterocycles. The third kappa shape index (κ3) is 3.14. The molecule has 23 heavy (non-hydrogen) atoms. The molecule has 1 atom stereocenters. The molecule has 1 fully saturated rings. The van der Waals surface area contributed by atoms with Crippen molar-refractivity contribution in [3.8, 4) is 0 Å². The van der Waals surface area contributed by atoms with E-state index in [0.717, 1.165) is 24.1 Å². The molecule has 1 amide bonds. The van der Waals surface area contributed by atoms with E-state index in [9.17, 15) is 9.59 Å². The number of aryl methyl sites for hydroxylation is 1. The summed E-state index contributed by atoms with van der Waals surface area (Å²) in [6.45, 7) is 6.99. The highest BCUT2D eigenvalue weighted by Crippen LogP contribution is 2.13. The van der Waals surface area contributed by atoms with Crippen LogP contribution in [-0.2, 0) is 17.9 Å². The fraction of sp³-hybridized carbons (Fsp3) is 0.500. The molecule has 126 valence electrons. The molecule has 2 aromatic rings. The Bertz CT molecular complexity index is 752. The molecule has 3 rings (SSSR count). The summed E-state index contributed by atoms with van der Waals surface area (Å²) < 4.78 is 3.31. The Balaban J connectivity index is 0.00000192. The maximum Gasteiger partial charge on any atom is 0.329 e. The highest BCUT2D eigenvalue weighted by Gasteiger charge is 2.24. The maximum absolute atomic E-state index is 12.6. The van der Waals surface area contributed by atoms with E-state index in [4.69, 9.17) is 0 Å². The van der Waals surface area contributed by atoms with Crippen LogP contribution < -0.4 is 11.0 Å². The number of piperazine rings is 1. The smallest absolute Gasteiger partial charge is 0.329 e. The summed E-state index contributed by atoms with van der Waals surface area (Å²) in [7, 11) is 0. The van der Waals surface area contributed by atoms with E-state index >= 15 is 0 Å². The molecule has 0 radical (unpaired) electrons. The van der Waals surface area contributed by atoms with Crippen LogP contribution in [0.2, 0.25) is 0 Å². The molecular weight excluding hydrogens is 316 g/mol. The molecule has 0 aliphatic carbocycles. The Hall–Kier alpha value is -1.79. The van der Waals surface area contributed by atoms with E-state index < -0.39 is 0 Å². The summed E-state index contributed by atoms with van der Waals surface area (Å²) in [6, 6.07) is 7.80. The zero-order valence-corrected chi connectivity index (χ0v) is 14.3. The minimum absolute atomic E-state index is 0. The molecule has 6 nitrogen and oxygen atoms in total. The van der Waals surface area contributed by atoms with Crippen molar-refractivity contribution in [3.05, 3.63) is 34.7 Å². The van der Waals surface area contributed by atoms with Crippen LogP contribution >= 0.6 is 12.4 Å². The van der Waals surface area contributed by atoms with Gasteiger partial charge in [-0.1, -0.05) is 12.1 Å². The van der Waals surface area contributed by atoms with Crippen molar-refractivity contribution in [2.75, 3.05) is 19.6 Å². The van der Waals surface area contributed by atoms with E-state index in [-0.39, 0.29) is 36.6 Å². The number of nitrogens with one attached hydrogen (secondary N) is 1. The molecule has 1 N–H and O–H groups in total. The number of fused-ring (bicyclic) bond motifs is 1. The topological polar surface area (TPSA) is 59.3 Å². The van der Waals surface area contributed by atoms with Gasteiger partial charge in [0.15, 0.2) is 0 Å². The van der Waals surface area contributed by atoms with Crippen LogP contribution in [-0.4, -0.2) is 45.6 Å². The highest BCUT2D eigenvalue weighted by atomic mass is 35.5. The predicted octanol–water partition coefficient (Wildman–Crippen LogP) is 1.07. The fourth-order valence-electron chi connectivity index (χ4n) is 3.17. The molecule has 2 heterocycles. The molecule has 1 aromatic carbocycles. The molecule has 7 heteroatoms. The third-order valence-corrected chi connectivity index (χ3v) is 4.36. The summed E-state index contributed by atoms with van der Waals surface area (Å²) in [5.74, 6) is 0.00936. The van der Waals surface area contributed by atoms with Gasteiger partial charge in [-0.2, -0.15) is 0 Å². The number of benzene rings is 1. The molecular formula is C16H23ClN4O2. The summed E-state index contributed by atoms with van der Waals surface area (Å²) in [5.41, 5.74) is 1.60. The number of imidazole rings is 1. The monoisotopic (exact) mass is 338 g/mol. The number of carbonyl (C=O) groups is 1. The first-order valence-corrected chi connectivity index (χ1v) is 7.81. The van der Waals surface area contributed by atoms with Crippen LogP contribution in [0.1, 0.15) is 13.8 Å². The Morgan fingerprint density at radius 1 is 1.26 bits per heavy atom. The number of carbonyl (C=O) groups excluding carboxylic acids is 1. The molecule has 1 unspecified atom stereocenters. The number of halogens is 1. The van der Waals surface area contributed by atoms with Crippen molar-refractivity contribution in [1.29, 1.82) is 0 Å². The number of hydrogen-bond acceptors (Lipinski definition) is 3. The minimum atomic E-state index is -0.111. The summed E-state index contributed by atoms with van der Waals surface area (Å²) in [6.07, 6.45) is 0. The summed E-state index contributed by atoms with van der Waals surface area (Å²) >= 11 is 0. The van der Waals surface area contributed by atoms with Crippen LogP contribution in [0.5, 0.6) is 0 Å². The largest absolute Gasteiger partial charge is 0.336 e. The van der Waals surface area contributed by atoms with Crippen molar-refractivity contribution in [2.45, 2.75) is 33.0 Å². The van der Waals surface area contributed by atoms with Crippen LogP contribution in [0.3, 0.4) is 0 Å². The van der Waals surface area contributed by atoms with E-state index in [1.54, 1.807) is 9.13 Å². The Labute approximate surface area is 141 Å². The number of aromatic nitrogens is 2. The molecule has 1 saturated heterocycles. The van der Waals surface area contributed by atoms with Gasteiger partial charge in [0.05, 0.1) is 11.0 Å². The lowest BCUT2D eigenvalue weighted by Crippen LogP contribution is -2.53. The number of nitrogens with zero attached hydrogens (tertiary/aromatic N) is 3. The Morgan fingerprint density at radius 2 is 1.91 bits per heavy atom. The molecule has 0 bridgehead atoms. The van der Waals surface area contributed by atoms with Gasteiger partial charge in [-0.15, -0.1) is 12.4 Å². The second-order valence-corrected chi connectivity index (χ2v) is 5.74. The second-order valence-electron chi connectivity index (χ2n) is 5.74. The first-order chi connectivity index (χ1) is 10.6. The summed E-state index contributed by atoms with van der Waals surface area (Å²) in [4.78, 5) is 27.0. The summed E-state index contributed by atoms with van der Waals surface area (Å²) in [5, 5.41) is 3.27. The number of amides is 1. The predicted molar refractivity (Wildman–Crippen MR) is 93.2 cm³/mol. The fourth-order valence-corrected chi connectivity index (χ4v) is 3.17. The van der Waals surface area contributed by atoms with Crippen LogP contribution in [0.4, 0.5) is 0 Å². The lowest BCUT2D eigenvalue weighted by atomic mass is 10.2. The van der Waals surface area contributed by atoms with E-state index in [0.29, 0.717) is 13.1 Å². The lowest BCUT2D eigenvalue weighted by Gasteiger charge is -2.34. The van der Waals surface area contributed by atoms with Crippen LogP contribution in [0.25, 0.3) is 11.0 Å². The van der Waals surface area contributed by atoms with Crippen molar-refractivity contribution in [2.24, 2.45) is 0 Å². The normalized spacial score (nSPS) is 18.0. The van der Waals surface area contributed by atoms with Crippen molar-refractivity contribution in [3.63, 3.8) is 0 Å². The van der Waals surface area contributed by atoms with Crippen LogP contribution in [0.15, 0.2) is 29.1 Å². The number of rotatable bonds is 3. The third-order valence-electron chi connectivity index (χ3n) is 4.36. The SMILES string of the molecule is CCn1c(=O)n(CC(=O)N2CCNCC2C)c2ccccc21.Cl. The average Bonchev–Trinajstić information content (AvgIpc) is 2.79. The number of para-hydroxylation sites is 2. The Kier molecular flexibility index (Phi) is 5.49. The second kappa shape index (κ2) is 7.19. The average molecular weight is 339 g/mol. The van der Waals surface area contributed by atoms with Gasteiger partial charge in [0.2, 0.25) is 5.91 Å². The molecule has 0 spiro atoms. The molecule has 0 saturated carbocycles. The van der Waals surface area contributed by atoms with Gasteiger partial charge in [-0.3, -0.25) is 13.9 Å². The van der Waals surface area contributed by atoms with Crippen molar-refractivity contribution < 1.29 is 4.79 Å². The zero-order valence-electron chi connectivity index (χ0n) is 13.5. The van der Waals surface area contributed by atoms with E-state index in [1.807, 2.05) is 43.0 Å². The quantitative estimate of drug-likeness (QED) is 0.910. The van der Waals surface area contributed by atoms with E-state index in [2.05, 4.69) is 5.32 Å². The highest BCUT2D eigenvalue weighted by molar-refractivity contribution is 5.85. The lowest BCUT2D eigenvalue weighted by molar-refractivity contribution is -0.134. The van der Waals surface area contributed by atoms with E-state index in [1.165, 1.54) is 0 Å². The van der Waals surface area contributed by atoms with Gasteiger partial charge in [-0.25, -0.2) is 4.79 Å². The first kappa shape index (κ1) is 17.6. The van der Waals surface area contributed by atoms with Gasteiger partial charge >= 0.3 is 5.69 Å². The minimum Gasteiger partial charge on any atom is -0.336 e. The molecule has 1 aromatic heterocycles. The van der Waals surface area contributed by atoms with Gasteiger partial charge in [-0.05, 0) is 26.0 Å². The Morgan fingerprint density at radius 3 is 2.52 bits per heavy atom. The van der Waals surface area contributed by atoms with Gasteiger partial charge < -0.3 is 10.2 Å². The van der Waals surface area contributed by atoms with Gasteiger partial charge in [0.1, 0.15) is 6.54 Å². The van der Waals surface area contributed by atoms with Crippen molar-refractivity contribution >= 4 is 29.3 Å². The first-order valence-electron chi connectivity index (χ1n) is 7.81. The number of hydrogen-bond donors (Lipinski definition) is 1. The van der Waals surface area contributed by atoms with Gasteiger partial charge in [0.25, 0.3) is 0 Å². The maximum atomic E-state index is 12.6. The van der Waals surface area contributed by atoms with Crippen LogP contribution in [0, 0.1) is 0 Å². The van der Waals surface area contributed by atoms with Gasteiger partial charge in [0, 0.05) is 32.2 Å². The standard InChI is InChI=1S/C16H22N4O2.ClH/c1-3-18-13-6-4-5-7-14(13)20(16(18)22)11-15(21)19-9-8-17-10-12(19)2;/h4-7,12,17H,3,8-11H2,1-2H3;1H. The van der Waals surface area contributed by atoms with Crippen molar-refractivity contribution in [1.82, 2.24) is 19.4 Å². The zero-order chi connectivity index (χ0) is 15.7. The molecule has 1 aliphatic rings.